The Hall–Kier alpha value is -2.01. The topological polar surface area (TPSA) is 61.0 Å². The Morgan fingerprint density at radius 3 is 2.83 bits per heavy atom. The molecule has 0 aliphatic carbocycles. The normalized spacial score (nSPS) is 17.3. The maximum Gasteiger partial charge on any atom is 0.162 e. The molecule has 3 rings (SSSR count). The molecule has 0 radical (unpaired) electrons. The molecule has 0 unspecified atom stereocenters. The Labute approximate surface area is 104 Å². The summed E-state index contributed by atoms with van der Waals surface area (Å²) >= 11 is 0. The van der Waals surface area contributed by atoms with E-state index in [-0.39, 0.29) is 11.9 Å². The van der Waals surface area contributed by atoms with E-state index in [2.05, 4.69) is 9.97 Å². The third kappa shape index (κ3) is 1.82. The second-order valence-corrected chi connectivity index (χ2v) is 4.19. The van der Waals surface area contributed by atoms with E-state index in [9.17, 15) is 4.39 Å². The molecule has 92 valence electrons. The van der Waals surface area contributed by atoms with Crippen LogP contribution < -0.4 is 10.5 Å². The van der Waals surface area contributed by atoms with Gasteiger partial charge in [-0.05, 0) is 18.2 Å². The van der Waals surface area contributed by atoms with Crippen LogP contribution in [0, 0.1) is 5.82 Å². The van der Waals surface area contributed by atoms with Crippen LogP contribution in [0.5, 0.6) is 5.75 Å². The van der Waals surface area contributed by atoms with E-state index >= 15 is 0 Å². The predicted molar refractivity (Wildman–Crippen MR) is 64.6 cm³/mol. The van der Waals surface area contributed by atoms with E-state index < -0.39 is 0 Å². The molecule has 0 saturated carbocycles. The molecule has 1 aliphatic rings. The zero-order chi connectivity index (χ0) is 12.5. The van der Waals surface area contributed by atoms with Crippen molar-refractivity contribution in [2.75, 3.05) is 6.54 Å². The fraction of sp³-hybridized carbons (Fsp3) is 0.231. The van der Waals surface area contributed by atoms with Gasteiger partial charge in [-0.2, -0.15) is 0 Å². The molecule has 0 saturated heterocycles. The smallest absolute Gasteiger partial charge is 0.162 e. The lowest BCUT2D eigenvalue weighted by atomic mass is 10.1. The van der Waals surface area contributed by atoms with Crippen LogP contribution in [0.4, 0.5) is 4.39 Å². The first-order valence-corrected chi connectivity index (χ1v) is 5.74. The number of benzene rings is 1. The Kier molecular flexibility index (Phi) is 2.68. The summed E-state index contributed by atoms with van der Waals surface area (Å²) in [6.45, 7) is 0.408. The fourth-order valence-electron chi connectivity index (χ4n) is 2.13. The molecule has 4 nitrogen and oxygen atoms in total. The van der Waals surface area contributed by atoms with Gasteiger partial charge in [-0.1, -0.05) is 0 Å². The molecule has 5 heteroatoms. The summed E-state index contributed by atoms with van der Waals surface area (Å²) < 4.78 is 19.3. The van der Waals surface area contributed by atoms with Crippen molar-refractivity contribution < 1.29 is 9.13 Å². The lowest BCUT2D eigenvalue weighted by Gasteiger charge is -2.09. The van der Waals surface area contributed by atoms with Gasteiger partial charge in [0.15, 0.2) is 5.82 Å². The summed E-state index contributed by atoms with van der Waals surface area (Å²) in [4.78, 5) is 8.26. The van der Waals surface area contributed by atoms with Crippen LogP contribution in [0.25, 0.3) is 11.4 Å². The Bertz CT molecular complexity index is 574. The molecule has 2 aromatic rings. The Morgan fingerprint density at radius 1 is 1.33 bits per heavy atom. The van der Waals surface area contributed by atoms with Gasteiger partial charge in [0.05, 0.1) is 5.56 Å². The largest absolute Gasteiger partial charge is 0.488 e. The van der Waals surface area contributed by atoms with Crippen molar-refractivity contribution in [1.29, 1.82) is 0 Å². The zero-order valence-corrected chi connectivity index (χ0v) is 9.64. The van der Waals surface area contributed by atoms with Crippen molar-refractivity contribution in [3.05, 3.63) is 42.0 Å². The summed E-state index contributed by atoms with van der Waals surface area (Å²) in [6.07, 6.45) is 3.78. The van der Waals surface area contributed by atoms with E-state index in [1.165, 1.54) is 12.1 Å². The maximum atomic E-state index is 13.6. The van der Waals surface area contributed by atoms with Crippen molar-refractivity contribution in [3.8, 4) is 17.1 Å². The van der Waals surface area contributed by atoms with Gasteiger partial charge >= 0.3 is 0 Å². The van der Waals surface area contributed by atoms with Crippen LogP contribution in [0.2, 0.25) is 0 Å². The quantitative estimate of drug-likeness (QED) is 0.872. The van der Waals surface area contributed by atoms with Crippen LogP contribution in [-0.4, -0.2) is 22.6 Å². The summed E-state index contributed by atoms with van der Waals surface area (Å²) in [5, 5.41) is 0. The third-order valence-electron chi connectivity index (χ3n) is 2.93. The Balaban J connectivity index is 2.12. The lowest BCUT2D eigenvalue weighted by molar-refractivity contribution is 0.242. The number of hydrogen-bond acceptors (Lipinski definition) is 4. The average Bonchev–Trinajstić information content (AvgIpc) is 2.81. The van der Waals surface area contributed by atoms with Crippen molar-refractivity contribution >= 4 is 0 Å². The van der Waals surface area contributed by atoms with Gasteiger partial charge in [-0.15, -0.1) is 0 Å². The molecule has 1 aromatic carbocycles. The van der Waals surface area contributed by atoms with E-state index in [0.717, 1.165) is 5.56 Å². The van der Waals surface area contributed by atoms with Crippen molar-refractivity contribution in [2.45, 2.75) is 12.5 Å². The maximum absolute atomic E-state index is 13.6. The highest BCUT2D eigenvalue weighted by Crippen LogP contribution is 2.37. The van der Waals surface area contributed by atoms with E-state index in [1.807, 2.05) is 0 Å². The van der Waals surface area contributed by atoms with Gasteiger partial charge in [0.1, 0.15) is 17.7 Å². The average molecular weight is 245 g/mol. The highest BCUT2D eigenvalue weighted by atomic mass is 19.1. The molecule has 0 amide bonds. The number of nitrogens with two attached hydrogens (primary N) is 1. The molecular formula is C13H12FN3O. The van der Waals surface area contributed by atoms with Crippen LogP contribution >= 0.6 is 0 Å². The number of aromatic nitrogens is 2. The fourth-order valence-corrected chi connectivity index (χ4v) is 2.13. The molecule has 0 bridgehead atoms. The summed E-state index contributed by atoms with van der Waals surface area (Å²) in [5.74, 6) is 0.807. The zero-order valence-electron chi connectivity index (χ0n) is 9.64. The number of nitrogens with zero attached hydrogens (tertiary/aromatic N) is 2. The number of rotatable bonds is 2. The monoisotopic (exact) mass is 245 g/mol. The standard InChI is InChI=1S/C13H12FN3O/c14-9-4-8-5-10(7-15)18-12(8)11(6-9)13-16-2-1-3-17-13/h1-4,6,10H,5,7,15H2/t10-/m0/s1. The molecule has 1 aliphatic heterocycles. The molecule has 0 fully saturated rings. The van der Waals surface area contributed by atoms with E-state index in [0.29, 0.717) is 30.1 Å². The highest BCUT2D eigenvalue weighted by Gasteiger charge is 2.26. The molecule has 0 spiro atoms. The van der Waals surface area contributed by atoms with Gasteiger partial charge in [-0.25, -0.2) is 14.4 Å². The van der Waals surface area contributed by atoms with Gasteiger partial charge in [-0.3, -0.25) is 0 Å². The first kappa shape index (κ1) is 11.1. The molecule has 18 heavy (non-hydrogen) atoms. The first-order chi connectivity index (χ1) is 8.78. The summed E-state index contributed by atoms with van der Waals surface area (Å²) in [6, 6.07) is 4.59. The second-order valence-electron chi connectivity index (χ2n) is 4.19. The predicted octanol–water partition coefficient (Wildman–Crippen LogP) is 1.54. The van der Waals surface area contributed by atoms with Crippen molar-refractivity contribution in [3.63, 3.8) is 0 Å². The number of halogens is 1. The van der Waals surface area contributed by atoms with Gasteiger partial charge in [0, 0.05) is 30.9 Å². The van der Waals surface area contributed by atoms with Crippen LogP contribution in [0.15, 0.2) is 30.6 Å². The summed E-state index contributed by atoms with van der Waals surface area (Å²) in [7, 11) is 0. The van der Waals surface area contributed by atoms with Gasteiger partial charge in [0.2, 0.25) is 0 Å². The van der Waals surface area contributed by atoms with Crippen molar-refractivity contribution in [1.82, 2.24) is 9.97 Å². The second kappa shape index (κ2) is 4.34. The van der Waals surface area contributed by atoms with Crippen LogP contribution in [-0.2, 0) is 6.42 Å². The lowest BCUT2D eigenvalue weighted by Crippen LogP contribution is -2.24. The van der Waals surface area contributed by atoms with Gasteiger partial charge in [0.25, 0.3) is 0 Å². The van der Waals surface area contributed by atoms with E-state index in [4.69, 9.17) is 10.5 Å². The molecule has 2 N–H and O–H groups in total. The van der Waals surface area contributed by atoms with Gasteiger partial charge < -0.3 is 10.5 Å². The SMILES string of the molecule is NC[C@@H]1Cc2cc(F)cc(-c3ncccn3)c2O1. The number of fused-ring (bicyclic) bond motifs is 1. The van der Waals surface area contributed by atoms with Crippen LogP contribution in [0.3, 0.4) is 0 Å². The number of hydrogen-bond donors (Lipinski definition) is 1. The Morgan fingerprint density at radius 2 is 2.11 bits per heavy atom. The molecular weight excluding hydrogens is 233 g/mol. The molecule has 1 atom stereocenters. The molecule has 1 aromatic heterocycles. The minimum Gasteiger partial charge on any atom is -0.488 e. The van der Waals surface area contributed by atoms with Crippen molar-refractivity contribution in [2.24, 2.45) is 5.73 Å². The highest BCUT2D eigenvalue weighted by molar-refractivity contribution is 5.67. The van der Waals surface area contributed by atoms with E-state index in [1.54, 1.807) is 18.5 Å². The third-order valence-corrected chi connectivity index (χ3v) is 2.93. The molecule has 2 heterocycles. The first-order valence-electron chi connectivity index (χ1n) is 5.74. The minimum absolute atomic E-state index is 0.0933. The number of ether oxygens (including phenoxy) is 1. The van der Waals surface area contributed by atoms with Crippen LogP contribution in [0.1, 0.15) is 5.56 Å². The summed E-state index contributed by atoms with van der Waals surface area (Å²) in [5.41, 5.74) is 7.00. The minimum atomic E-state index is -0.308.